The first-order valence-electron chi connectivity index (χ1n) is 8.11. The Labute approximate surface area is 156 Å². The number of benzene rings is 1. The zero-order valence-corrected chi connectivity index (χ0v) is 16.1. The standard InChI is InChI=1S/C16H20N4O4S2/c1-24-13-7-5-11(6-8-13)15-18-19-16(25-15)17-14(21)12-4-3-9-20(10-12)26(2,22)23/h5-8,12H,3-4,9-10H2,1-2H3,(H,17,19,21)/t12-/m0/s1. The number of anilines is 1. The monoisotopic (exact) mass is 396 g/mol. The van der Waals surface area contributed by atoms with Crippen LogP contribution in [0.2, 0.25) is 0 Å². The summed E-state index contributed by atoms with van der Waals surface area (Å²) in [5.74, 6) is 0.141. The second-order valence-corrected chi connectivity index (χ2v) is 9.05. The van der Waals surface area contributed by atoms with Crippen molar-refractivity contribution in [3.63, 3.8) is 0 Å². The molecule has 1 aromatic heterocycles. The maximum absolute atomic E-state index is 12.5. The number of hydrogen-bond acceptors (Lipinski definition) is 7. The third-order valence-corrected chi connectivity index (χ3v) is 6.37. The third-order valence-electron chi connectivity index (χ3n) is 4.22. The number of hydrogen-bond donors (Lipinski definition) is 1. The van der Waals surface area contributed by atoms with Crippen LogP contribution in [-0.4, -0.2) is 55.3 Å². The Balaban J connectivity index is 1.65. The number of methoxy groups -OCH3 is 1. The van der Waals surface area contributed by atoms with E-state index in [1.165, 1.54) is 21.9 Å². The Kier molecular flexibility index (Phi) is 5.54. The van der Waals surface area contributed by atoms with Crippen molar-refractivity contribution < 1.29 is 17.9 Å². The van der Waals surface area contributed by atoms with Crippen LogP contribution in [0.25, 0.3) is 10.6 Å². The molecule has 0 bridgehead atoms. The molecule has 140 valence electrons. The summed E-state index contributed by atoms with van der Waals surface area (Å²) >= 11 is 1.27. The van der Waals surface area contributed by atoms with Gasteiger partial charge in [-0.1, -0.05) is 11.3 Å². The van der Waals surface area contributed by atoms with Crippen LogP contribution in [0.5, 0.6) is 5.75 Å². The molecule has 1 saturated heterocycles. The topological polar surface area (TPSA) is 101 Å². The normalized spacial score (nSPS) is 18.5. The number of carbonyl (C=O) groups is 1. The summed E-state index contributed by atoms with van der Waals surface area (Å²) in [7, 11) is -1.68. The third kappa shape index (κ3) is 4.37. The molecular formula is C16H20N4O4S2. The molecule has 1 amide bonds. The smallest absolute Gasteiger partial charge is 0.230 e. The van der Waals surface area contributed by atoms with Crippen LogP contribution in [0.3, 0.4) is 0 Å². The number of sulfonamides is 1. The van der Waals surface area contributed by atoms with E-state index in [9.17, 15) is 13.2 Å². The molecular weight excluding hydrogens is 376 g/mol. The Morgan fingerprint density at radius 2 is 2.04 bits per heavy atom. The quantitative estimate of drug-likeness (QED) is 0.827. The molecule has 1 fully saturated rings. The molecule has 1 aliphatic rings. The molecule has 0 aliphatic carbocycles. The molecule has 0 radical (unpaired) electrons. The highest BCUT2D eigenvalue weighted by Crippen LogP contribution is 2.28. The number of ether oxygens (including phenoxy) is 1. The number of nitrogens with one attached hydrogen (secondary N) is 1. The van der Waals surface area contributed by atoms with Gasteiger partial charge < -0.3 is 10.1 Å². The van der Waals surface area contributed by atoms with Gasteiger partial charge in [-0.05, 0) is 37.1 Å². The molecule has 8 nitrogen and oxygen atoms in total. The lowest BCUT2D eigenvalue weighted by atomic mass is 9.99. The summed E-state index contributed by atoms with van der Waals surface area (Å²) in [5.41, 5.74) is 0.879. The van der Waals surface area contributed by atoms with Crippen LogP contribution < -0.4 is 10.1 Å². The largest absolute Gasteiger partial charge is 0.497 e. The first-order chi connectivity index (χ1) is 12.4. The lowest BCUT2D eigenvalue weighted by Crippen LogP contribution is -2.43. The van der Waals surface area contributed by atoms with Crippen molar-refractivity contribution in [3.8, 4) is 16.3 Å². The van der Waals surface area contributed by atoms with Gasteiger partial charge >= 0.3 is 0 Å². The van der Waals surface area contributed by atoms with Gasteiger partial charge in [0.25, 0.3) is 0 Å². The molecule has 2 aromatic rings. The maximum Gasteiger partial charge on any atom is 0.230 e. The van der Waals surface area contributed by atoms with E-state index in [2.05, 4.69) is 15.5 Å². The Bertz CT molecular complexity index is 880. The second-order valence-electron chi connectivity index (χ2n) is 6.09. The van der Waals surface area contributed by atoms with Crippen LogP contribution in [0.4, 0.5) is 5.13 Å². The van der Waals surface area contributed by atoms with Gasteiger partial charge in [0, 0.05) is 18.7 Å². The fourth-order valence-electron chi connectivity index (χ4n) is 2.79. The minimum absolute atomic E-state index is 0.203. The van der Waals surface area contributed by atoms with Crippen molar-refractivity contribution in [1.29, 1.82) is 0 Å². The molecule has 3 rings (SSSR count). The van der Waals surface area contributed by atoms with Crippen molar-refractivity contribution in [2.75, 3.05) is 31.8 Å². The van der Waals surface area contributed by atoms with E-state index in [4.69, 9.17) is 4.74 Å². The highest BCUT2D eigenvalue weighted by molar-refractivity contribution is 7.88. The maximum atomic E-state index is 12.5. The number of amides is 1. The lowest BCUT2D eigenvalue weighted by Gasteiger charge is -2.29. The fourth-order valence-corrected chi connectivity index (χ4v) is 4.45. The number of piperidine rings is 1. The van der Waals surface area contributed by atoms with Crippen LogP contribution in [0.1, 0.15) is 12.8 Å². The molecule has 1 aromatic carbocycles. The Morgan fingerprint density at radius 3 is 2.69 bits per heavy atom. The van der Waals surface area contributed by atoms with Crippen molar-refractivity contribution in [3.05, 3.63) is 24.3 Å². The highest BCUT2D eigenvalue weighted by atomic mass is 32.2. The van der Waals surface area contributed by atoms with Crippen LogP contribution in [0.15, 0.2) is 24.3 Å². The first-order valence-corrected chi connectivity index (χ1v) is 10.8. The number of carbonyl (C=O) groups excluding carboxylic acids is 1. The number of nitrogens with zero attached hydrogens (tertiary/aromatic N) is 3. The average molecular weight is 396 g/mol. The minimum Gasteiger partial charge on any atom is -0.497 e. The molecule has 0 saturated carbocycles. The van der Waals surface area contributed by atoms with E-state index < -0.39 is 10.0 Å². The van der Waals surface area contributed by atoms with E-state index in [0.29, 0.717) is 29.5 Å². The predicted octanol–water partition coefficient (Wildman–Crippen LogP) is 1.82. The summed E-state index contributed by atoms with van der Waals surface area (Å²) in [6.45, 7) is 0.665. The molecule has 1 atom stereocenters. The van der Waals surface area contributed by atoms with Gasteiger partial charge in [-0.25, -0.2) is 12.7 Å². The molecule has 10 heteroatoms. The van der Waals surface area contributed by atoms with Gasteiger partial charge in [-0.2, -0.15) is 0 Å². The van der Waals surface area contributed by atoms with Crippen molar-refractivity contribution in [1.82, 2.24) is 14.5 Å². The minimum atomic E-state index is -3.29. The van der Waals surface area contributed by atoms with Gasteiger partial charge in [0.2, 0.25) is 21.1 Å². The molecule has 0 spiro atoms. The Hall–Kier alpha value is -2.04. The van der Waals surface area contributed by atoms with E-state index >= 15 is 0 Å². The van der Waals surface area contributed by atoms with Gasteiger partial charge in [-0.15, -0.1) is 10.2 Å². The zero-order valence-electron chi connectivity index (χ0n) is 14.5. The lowest BCUT2D eigenvalue weighted by molar-refractivity contribution is -0.120. The van der Waals surface area contributed by atoms with Crippen molar-refractivity contribution in [2.45, 2.75) is 12.8 Å². The summed E-state index contributed by atoms with van der Waals surface area (Å²) in [4.78, 5) is 12.5. The summed E-state index contributed by atoms with van der Waals surface area (Å²) in [5, 5.41) is 12.0. The highest BCUT2D eigenvalue weighted by Gasteiger charge is 2.30. The second kappa shape index (κ2) is 7.68. The number of aromatic nitrogens is 2. The van der Waals surface area contributed by atoms with E-state index in [1.54, 1.807) is 7.11 Å². The van der Waals surface area contributed by atoms with Crippen LogP contribution in [-0.2, 0) is 14.8 Å². The van der Waals surface area contributed by atoms with Gasteiger partial charge in [-0.3, -0.25) is 4.79 Å². The van der Waals surface area contributed by atoms with Gasteiger partial charge in [0.15, 0.2) is 0 Å². The molecule has 2 heterocycles. The van der Waals surface area contributed by atoms with Crippen LogP contribution >= 0.6 is 11.3 Å². The zero-order chi connectivity index (χ0) is 18.7. The van der Waals surface area contributed by atoms with Gasteiger partial charge in [0.05, 0.1) is 19.3 Å². The predicted molar refractivity (Wildman–Crippen MR) is 99.7 cm³/mol. The molecule has 1 aliphatic heterocycles. The average Bonchev–Trinajstić information content (AvgIpc) is 3.09. The van der Waals surface area contributed by atoms with E-state index in [1.807, 2.05) is 24.3 Å². The molecule has 1 N–H and O–H groups in total. The molecule has 26 heavy (non-hydrogen) atoms. The number of rotatable bonds is 5. The summed E-state index contributed by atoms with van der Waals surface area (Å²) < 4.78 is 29.8. The fraction of sp³-hybridized carbons (Fsp3) is 0.438. The van der Waals surface area contributed by atoms with Crippen LogP contribution in [0, 0.1) is 5.92 Å². The van der Waals surface area contributed by atoms with Gasteiger partial charge in [0.1, 0.15) is 10.8 Å². The summed E-state index contributed by atoms with van der Waals surface area (Å²) in [6, 6.07) is 7.40. The first kappa shape index (κ1) is 18.7. The van der Waals surface area contributed by atoms with Crippen molar-refractivity contribution in [2.24, 2.45) is 5.92 Å². The summed E-state index contributed by atoms with van der Waals surface area (Å²) in [6.07, 6.45) is 2.49. The van der Waals surface area contributed by atoms with E-state index in [-0.39, 0.29) is 18.4 Å². The SMILES string of the molecule is COc1ccc(-c2nnc(NC(=O)[C@H]3CCCN(S(C)(=O)=O)C3)s2)cc1. The van der Waals surface area contributed by atoms with E-state index in [0.717, 1.165) is 11.3 Å². The molecule has 0 unspecified atom stereocenters. The Morgan fingerprint density at radius 1 is 1.31 bits per heavy atom. The van der Waals surface area contributed by atoms with Crippen molar-refractivity contribution >= 4 is 32.4 Å².